The fourth-order valence-electron chi connectivity index (χ4n) is 1.11. The topological polar surface area (TPSA) is 46.2 Å². The number of sulfonamides is 1. The Labute approximate surface area is 93.9 Å². The van der Waals surface area contributed by atoms with E-state index < -0.39 is 10.0 Å². The number of unbranched alkanes of at least 4 members (excludes halogenated alkanes) is 2. The van der Waals surface area contributed by atoms with Crippen LogP contribution in [0.3, 0.4) is 0 Å². The van der Waals surface area contributed by atoms with Crippen LogP contribution in [0.2, 0.25) is 0 Å². The van der Waals surface area contributed by atoms with Crippen LogP contribution in [0.15, 0.2) is 0 Å². The molecule has 0 spiro atoms. The Morgan fingerprint density at radius 3 is 2.46 bits per heavy atom. The Kier molecular flexibility index (Phi) is 4.96. The zero-order valence-corrected chi connectivity index (χ0v) is 10.6. The molecule has 1 aliphatic rings. The molecular formula is C8H16INO2S. The van der Waals surface area contributed by atoms with Gasteiger partial charge >= 0.3 is 0 Å². The van der Waals surface area contributed by atoms with Gasteiger partial charge in [-0.25, -0.2) is 13.1 Å². The van der Waals surface area contributed by atoms with Gasteiger partial charge in [-0.1, -0.05) is 29.0 Å². The van der Waals surface area contributed by atoms with E-state index in [0.717, 1.165) is 30.1 Å². The maximum absolute atomic E-state index is 11.3. The second-order valence-electron chi connectivity index (χ2n) is 3.39. The van der Waals surface area contributed by atoms with Crippen molar-refractivity contribution in [1.82, 2.24) is 4.72 Å². The van der Waals surface area contributed by atoms with E-state index in [4.69, 9.17) is 0 Å². The van der Waals surface area contributed by atoms with Crippen LogP contribution in [-0.4, -0.2) is 24.6 Å². The summed E-state index contributed by atoms with van der Waals surface area (Å²) in [7, 11) is -2.93. The van der Waals surface area contributed by atoms with E-state index >= 15 is 0 Å². The molecule has 0 aromatic carbocycles. The van der Waals surface area contributed by atoms with Crippen molar-refractivity contribution in [3.8, 4) is 0 Å². The second-order valence-corrected chi connectivity index (χ2v) is 6.51. The first-order valence-corrected chi connectivity index (χ1v) is 7.78. The maximum Gasteiger partial charge on any atom is 0.214 e. The van der Waals surface area contributed by atoms with Gasteiger partial charge in [-0.3, -0.25) is 0 Å². The van der Waals surface area contributed by atoms with Gasteiger partial charge in [0.15, 0.2) is 0 Å². The Morgan fingerprint density at radius 2 is 1.92 bits per heavy atom. The maximum atomic E-state index is 11.3. The zero-order valence-electron chi connectivity index (χ0n) is 7.63. The number of hydrogen-bond donors (Lipinski definition) is 1. The van der Waals surface area contributed by atoms with Gasteiger partial charge in [0.05, 0.1) is 5.25 Å². The molecule has 0 aromatic heterocycles. The Hall–Kier alpha value is 0.640. The molecule has 1 aliphatic carbocycles. The zero-order chi connectivity index (χ0) is 9.73. The van der Waals surface area contributed by atoms with Crippen molar-refractivity contribution in [3.63, 3.8) is 0 Å². The van der Waals surface area contributed by atoms with Crippen LogP contribution >= 0.6 is 22.6 Å². The van der Waals surface area contributed by atoms with Gasteiger partial charge in [-0.05, 0) is 30.1 Å². The molecule has 1 rings (SSSR count). The molecule has 78 valence electrons. The van der Waals surface area contributed by atoms with Gasteiger partial charge in [-0.2, -0.15) is 0 Å². The fourth-order valence-corrected chi connectivity index (χ4v) is 3.07. The normalized spacial score (nSPS) is 17.6. The van der Waals surface area contributed by atoms with E-state index in [1.54, 1.807) is 0 Å². The van der Waals surface area contributed by atoms with Crippen LogP contribution in [0, 0.1) is 0 Å². The standard InChI is InChI=1S/C8H16INO2S/c9-6-2-1-3-7-10-13(11,12)8-4-5-8/h8,10H,1-7H2. The summed E-state index contributed by atoms with van der Waals surface area (Å²) in [5.74, 6) is 0. The third kappa shape index (κ3) is 4.60. The van der Waals surface area contributed by atoms with Gasteiger partial charge in [0.25, 0.3) is 0 Å². The van der Waals surface area contributed by atoms with Gasteiger partial charge in [-0.15, -0.1) is 0 Å². The molecule has 0 atom stereocenters. The lowest BCUT2D eigenvalue weighted by Gasteiger charge is -2.03. The quantitative estimate of drug-likeness (QED) is 0.441. The first kappa shape index (κ1) is 11.7. The van der Waals surface area contributed by atoms with E-state index in [1.807, 2.05) is 0 Å². The average molecular weight is 317 g/mol. The Balaban J connectivity index is 2.04. The molecule has 0 bridgehead atoms. The third-order valence-electron chi connectivity index (χ3n) is 2.08. The molecular weight excluding hydrogens is 301 g/mol. The van der Waals surface area contributed by atoms with Crippen LogP contribution in [0.5, 0.6) is 0 Å². The summed E-state index contributed by atoms with van der Waals surface area (Å²) in [5.41, 5.74) is 0. The van der Waals surface area contributed by atoms with Gasteiger partial charge in [0.1, 0.15) is 0 Å². The second kappa shape index (κ2) is 5.50. The molecule has 5 heteroatoms. The summed E-state index contributed by atoms with van der Waals surface area (Å²) < 4.78 is 26.4. The van der Waals surface area contributed by atoms with Crippen LogP contribution in [0.1, 0.15) is 32.1 Å². The van der Waals surface area contributed by atoms with Gasteiger partial charge in [0.2, 0.25) is 10.0 Å². The highest BCUT2D eigenvalue weighted by atomic mass is 127. The highest BCUT2D eigenvalue weighted by Gasteiger charge is 2.34. The van der Waals surface area contributed by atoms with Crippen LogP contribution in [-0.2, 0) is 10.0 Å². The van der Waals surface area contributed by atoms with Crippen LogP contribution < -0.4 is 4.72 Å². The molecule has 0 saturated heterocycles. The summed E-state index contributed by atoms with van der Waals surface area (Å²) in [6.45, 7) is 0.621. The number of hydrogen-bond acceptors (Lipinski definition) is 2. The van der Waals surface area contributed by atoms with Crippen molar-refractivity contribution in [1.29, 1.82) is 0 Å². The van der Waals surface area contributed by atoms with Gasteiger partial charge < -0.3 is 0 Å². The highest BCUT2D eigenvalue weighted by molar-refractivity contribution is 14.1. The molecule has 1 N–H and O–H groups in total. The molecule has 0 aliphatic heterocycles. The number of halogens is 1. The monoisotopic (exact) mass is 317 g/mol. The minimum Gasteiger partial charge on any atom is -0.215 e. The lowest BCUT2D eigenvalue weighted by atomic mass is 10.3. The molecule has 0 radical (unpaired) electrons. The van der Waals surface area contributed by atoms with E-state index in [1.165, 1.54) is 6.42 Å². The van der Waals surface area contributed by atoms with Gasteiger partial charge in [0, 0.05) is 6.54 Å². The van der Waals surface area contributed by atoms with Crippen molar-refractivity contribution in [3.05, 3.63) is 0 Å². The van der Waals surface area contributed by atoms with E-state index in [9.17, 15) is 8.42 Å². The van der Waals surface area contributed by atoms with E-state index in [-0.39, 0.29) is 5.25 Å². The van der Waals surface area contributed by atoms with Crippen LogP contribution in [0.4, 0.5) is 0 Å². The molecule has 13 heavy (non-hydrogen) atoms. The molecule has 3 nitrogen and oxygen atoms in total. The van der Waals surface area contributed by atoms with Crippen molar-refractivity contribution >= 4 is 32.6 Å². The van der Waals surface area contributed by atoms with E-state index in [2.05, 4.69) is 27.3 Å². The summed E-state index contributed by atoms with van der Waals surface area (Å²) in [5, 5.41) is -0.0722. The van der Waals surface area contributed by atoms with Crippen molar-refractivity contribution in [2.75, 3.05) is 11.0 Å². The lowest BCUT2D eigenvalue weighted by molar-refractivity contribution is 0.575. The third-order valence-corrected chi connectivity index (χ3v) is 4.80. The molecule has 1 saturated carbocycles. The Morgan fingerprint density at radius 1 is 1.23 bits per heavy atom. The van der Waals surface area contributed by atoms with Crippen molar-refractivity contribution in [2.45, 2.75) is 37.4 Å². The summed E-state index contributed by atoms with van der Waals surface area (Å²) >= 11 is 2.34. The predicted octanol–water partition coefficient (Wildman–Crippen LogP) is 1.67. The SMILES string of the molecule is O=S(=O)(NCCCCCI)C1CC1. The average Bonchev–Trinajstić information content (AvgIpc) is 2.86. The van der Waals surface area contributed by atoms with Crippen molar-refractivity contribution < 1.29 is 8.42 Å². The first-order valence-electron chi connectivity index (χ1n) is 4.71. The Bertz CT molecular complexity index is 237. The first-order chi connectivity index (χ1) is 6.17. The minimum absolute atomic E-state index is 0.0722. The highest BCUT2D eigenvalue weighted by Crippen LogP contribution is 2.27. The largest absolute Gasteiger partial charge is 0.215 e. The smallest absolute Gasteiger partial charge is 0.214 e. The summed E-state index contributed by atoms with van der Waals surface area (Å²) in [6.07, 6.45) is 4.98. The molecule has 0 unspecified atom stereocenters. The van der Waals surface area contributed by atoms with Crippen LogP contribution in [0.25, 0.3) is 0 Å². The fraction of sp³-hybridized carbons (Fsp3) is 1.00. The number of rotatable bonds is 7. The van der Waals surface area contributed by atoms with E-state index in [0.29, 0.717) is 6.54 Å². The molecule has 0 amide bonds. The predicted molar refractivity (Wildman–Crippen MR) is 62.7 cm³/mol. The molecule has 1 fully saturated rings. The molecule has 0 heterocycles. The van der Waals surface area contributed by atoms with Crippen molar-refractivity contribution in [2.24, 2.45) is 0 Å². The molecule has 0 aromatic rings. The summed E-state index contributed by atoms with van der Waals surface area (Å²) in [4.78, 5) is 0. The number of nitrogens with one attached hydrogen (secondary N) is 1. The summed E-state index contributed by atoms with van der Waals surface area (Å²) in [6, 6.07) is 0. The lowest BCUT2D eigenvalue weighted by Crippen LogP contribution is -2.28. The minimum atomic E-state index is -2.93. The number of alkyl halides is 1.